The summed E-state index contributed by atoms with van der Waals surface area (Å²) in [6.07, 6.45) is 1.77. The summed E-state index contributed by atoms with van der Waals surface area (Å²) in [5, 5.41) is 0.711. The van der Waals surface area contributed by atoms with Gasteiger partial charge in [0.25, 0.3) is 0 Å². The van der Waals surface area contributed by atoms with Crippen molar-refractivity contribution < 1.29 is 4.74 Å². The Balaban J connectivity index is 1.99. The number of nitrogens with zero attached hydrogens (tertiary/aromatic N) is 1. The van der Waals surface area contributed by atoms with Crippen molar-refractivity contribution in [2.24, 2.45) is 4.99 Å². The van der Waals surface area contributed by atoms with Crippen LogP contribution in [0, 0.1) is 0 Å². The number of aliphatic imine (C=N–C) groups is 1. The highest BCUT2D eigenvalue weighted by Crippen LogP contribution is 2.31. The predicted molar refractivity (Wildman–Crippen MR) is 87.6 cm³/mol. The van der Waals surface area contributed by atoms with Crippen LogP contribution in [0.1, 0.15) is 25.0 Å². The number of hydrogen-bond acceptors (Lipinski definition) is 2. The van der Waals surface area contributed by atoms with Gasteiger partial charge in [-0.1, -0.05) is 41.9 Å². The number of rotatable bonds is 2. The Morgan fingerprint density at radius 3 is 2.19 bits per heavy atom. The minimum atomic E-state index is -0.481. The zero-order valence-corrected chi connectivity index (χ0v) is 12.8. The van der Waals surface area contributed by atoms with Gasteiger partial charge in [-0.2, -0.15) is 0 Å². The normalized spacial score (nSPS) is 16.7. The third kappa shape index (κ3) is 2.86. The van der Waals surface area contributed by atoms with Gasteiger partial charge in [0.15, 0.2) is 0 Å². The van der Waals surface area contributed by atoms with Gasteiger partial charge >= 0.3 is 0 Å². The Morgan fingerprint density at radius 1 is 0.905 bits per heavy atom. The zero-order chi connectivity index (χ0) is 14.9. The second-order valence-electron chi connectivity index (χ2n) is 5.46. The average Bonchev–Trinajstić information content (AvgIpc) is 2.48. The van der Waals surface area contributed by atoms with Crippen molar-refractivity contribution in [2.75, 3.05) is 0 Å². The molecule has 0 unspecified atom stereocenters. The van der Waals surface area contributed by atoms with Crippen molar-refractivity contribution >= 4 is 23.1 Å². The standard InChI is InChI=1S/C18H16ClNO/c1-18(2)17(14-6-4-3-5-7-14)20-12-16(21-18)13-8-10-15(19)11-9-13/h3-12H,1-2H3. The predicted octanol–water partition coefficient (Wildman–Crippen LogP) is 4.94. The van der Waals surface area contributed by atoms with Crippen LogP contribution in [-0.4, -0.2) is 11.3 Å². The van der Waals surface area contributed by atoms with Crippen LogP contribution in [0.5, 0.6) is 0 Å². The molecule has 2 aromatic rings. The first kappa shape index (κ1) is 13.9. The average molecular weight is 298 g/mol. The number of ether oxygens (including phenoxy) is 1. The first-order valence-corrected chi connectivity index (χ1v) is 7.23. The second kappa shape index (κ2) is 5.38. The SMILES string of the molecule is CC1(C)OC(c2ccc(Cl)cc2)=CN=C1c1ccccc1. The van der Waals surface area contributed by atoms with Gasteiger partial charge < -0.3 is 4.74 Å². The largest absolute Gasteiger partial charge is 0.479 e. The van der Waals surface area contributed by atoms with E-state index >= 15 is 0 Å². The third-order valence-electron chi connectivity index (χ3n) is 3.42. The second-order valence-corrected chi connectivity index (χ2v) is 5.89. The minimum absolute atomic E-state index is 0.481. The highest BCUT2D eigenvalue weighted by atomic mass is 35.5. The van der Waals surface area contributed by atoms with Gasteiger partial charge in [0.1, 0.15) is 11.4 Å². The molecule has 0 saturated carbocycles. The van der Waals surface area contributed by atoms with E-state index in [-0.39, 0.29) is 0 Å². The van der Waals surface area contributed by atoms with Gasteiger partial charge in [-0.25, -0.2) is 0 Å². The Labute approximate surface area is 129 Å². The van der Waals surface area contributed by atoms with E-state index in [4.69, 9.17) is 16.3 Å². The van der Waals surface area contributed by atoms with E-state index < -0.39 is 5.60 Å². The molecule has 2 nitrogen and oxygen atoms in total. The molecule has 1 heterocycles. The molecule has 0 aromatic heterocycles. The van der Waals surface area contributed by atoms with Crippen LogP contribution < -0.4 is 0 Å². The van der Waals surface area contributed by atoms with Crippen molar-refractivity contribution in [3.8, 4) is 0 Å². The molecule has 0 atom stereocenters. The zero-order valence-electron chi connectivity index (χ0n) is 12.0. The van der Waals surface area contributed by atoms with Crippen LogP contribution in [0.25, 0.3) is 5.76 Å². The van der Waals surface area contributed by atoms with Crippen molar-refractivity contribution in [3.05, 3.63) is 76.9 Å². The highest BCUT2D eigenvalue weighted by Gasteiger charge is 2.32. The molecule has 3 rings (SSSR count). The highest BCUT2D eigenvalue weighted by molar-refractivity contribution is 6.30. The maximum atomic E-state index is 6.15. The van der Waals surface area contributed by atoms with Crippen LogP contribution in [-0.2, 0) is 4.74 Å². The molecule has 3 heteroatoms. The molecule has 0 fully saturated rings. The first-order valence-electron chi connectivity index (χ1n) is 6.85. The summed E-state index contributed by atoms with van der Waals surface area (Å²) >= 11 is 5.92. The van der Waals surface area contributed by atoms with E-state index in [1.807, 2.05) is 68.4 Å². The van der Waals surface area contributed by atoms with Crippen molar-refractivity contribution in [1.82, 2.24) is 0 Å². The van der Waals surface area contributed by atoms with E-state index in [1.54, 1.807) is 6.20 Å². The lowest BCUT2D eigenvalue weighted by molar-refractivity contribution is 0.143. The lowest BCUT2D eigenvalue weighted by Gasteiger charge is -2.32. The van der Waals surface area contributed by atoms with Crippen LogP contribution in [0.2, 0.25) is 5.02 Å². The first-order chi connectivity index (χ1) is 10.1. The summed E-state index contributed by atoms with van der Waals surface area (Å²) in [6.45, 7) is 4.06. The number of halogens is 1. The van der Waals surface area contributed by atoms with E-state index in [1.165, 1.54) is 0 Å². The molecule has 0 spiro atoms. The molecular weight excluding hydrogens is 282 g/mol. The molecule has 0 amide bonds. The lowest BCUT2D eigenvalue weighted by Crippen LogP contribution is -2.37. The molecule has 0 radical (unpaired) electrons. The molecule has 0 aliphatic carbocycles. The van der Waals surface area contributed by atoms with Crippen molar-refractivity contribution in [3.63, 3.8) is 0 Å². The molecule has 0 bridgehead atoms. The molecule has 1 aliphatic rings. The Bertz CT molecular complexity index is 700. The fourth-order valence-corrected chi connectivity index (χ4v) is 2.52. The summed E-state index contributed by atoms with van der Waals surface area (Å²) in [7, 11) is 0. The van der Waals surface area contributed by atoms with Crippen LogP contribution >= 0.6 is 11.6 Å². The Hall–Kier alpha value is -2.06. The molecule has 21 heavy (non-hydrogen) atoms. The Morgan fingerprint density at radius 2 is 1.57 bits per heavy atom. The summed E-state index contributed by atoms with van der Waals surface area (Å²) < 4.78 is 6.15. The maximum Gasteiger partial charge on any atom is 0.146 e. The molecule has 2 aromatic carbocycles. The summed E-state index contributed by atoms with van der Waals surface area (Å²) in [5.41, 5.74) is 2.50. The summed E-state index contributed by atoms with van der Waals surface area (Å²) in [5.74, 6) is 0.761. The smallest absolute Gasteiger partial charge is 0.146 e. The van der Waals surface area contributed by atoms with E-state index in [0.29, 0.717) is 5.02 Å². The monoisotopic (exact) mass is 297 g/mol. The molecule has 106 valence electrons. The van der Waals surface area contributed by atoms with Gasteiger partial charge in [0.2, 0.25) is 0 Å². The summed E-state index contributed by atoms with van der Waals surface area (Å²) in [6, 6.07) is 17.7. The van der Waals surface area contributed by atoms with E-state index in [9.17, 15) is 0 Å². The quantitative estimate of drug-likeness (QED) is 0.769. The van der Waals surface area contributed by atoms with Crippen LogP contribution in [0.4, 0.5) is 0 Å². The minimum Gasteiger partial charge on any atom is -0.479 e. The molecular formula is C18H16ClNO. The van der Waals surface area contributed by atoms with Crippen molar-refractivity contribution in [1.29, 1.82) is 0 Å². The number of benzene rings is 2. The van der Waals surface area contributed by atoms with Crippen LogP contribution in [0.3, 0.4) is 0 Å². The van der Waals surface area contributed by atoms with E-state index in [2.05, 4.69) is 4.99 Å². The summed E-state index contributed by atoms with van der Waals surface area (Å²) in [4.78, 5) is 4.63. The van der Waals surface area contributed by atoms with Gasteiger partial charge in [0.05, 0.1) is 11.9 Å². The topological polar surface area (TPSA) is 21.6 Å². The molecule has 0 saturated heterocycles. The molecule has 1 aliphatic heterocycles. The van der Waals surface area contributed by atoms with Crippen molar-refractivity contribution in [2.45, 2.75) is 19.4 Å². The van der Waals surface area contributed by atoms with Gasteiger partial charge in [-0.3, -0.25) is 4.99 Å². The Kier molecular flexibility index (Phi) is 3.56. The molecule has 0 N–H and O–H groups in total. The fraction of sp³-hybridized carbons (Fsp3) is 0.167. The maximum absolute atomic E-state index is 6.15. The van der Waals surface area contributed by atoms with E-state index in [0.717, 1.165) is 22.6 Å². The third-order valence-corrected chi connectivity index (χ3v) is 3.67. The fourth-order valence-electron chi connectivity index (χ4n) is 2.39. The van der Waals surface area contributed by atoms with Gasteiger partial charge in [-0.05, 0) is 38.1 Å². The lowest BCUT2D eigenvalue weighted by atomic mass is 9.94. The number of hydrogen-bond donors (Lipinski definition) is 0. The van der Waals surface area contributed by atoms with Crippen LogP contribution in [0.15, 0.2) is 65.8 Å². The van der Waals surface area contributed by atoms with Gasteiger partial charge in [-0.15, -0.1) is 0 Å². The van der Waals surface area contributed by atoms with Gasteiger partial charge in [0, 0.05) is 16.1 Å².